The molecule has 1 amide bonds. The summed E-state index contributed by atoms with van der Waals surface area (Å²) in [6.45, 7) is 3.28. The minimum Gasteiger partial charge on any atom is -0.481 e. The summed E-state index contributed by atoms with van der Waals surface area (Å²) in [6.07, 6.45) is 4.07. The molecule has 86 valence electrons. The van der Waals surface area contributed by atoms with Crippen LogP contribution in [0.2, 0.25) is 0 Å². The molecule has 0 bridgehead atoms. The predicted octanol–water partition coefficient (Wildman–Crippen LogP) is 1.50. The average molecular weight is 213 g/mol. The maximum atomic E-state index is 11.1. The summed E-state index contributed by atoms with van der Waals surface area (Å²) in [5.41, 5.74) is 0. The molecule has 1 heterocycles. The molecule has 0 atom stereocenters. The summed E-state index contributed by atoms with van der Waals surface area (Å²) in [6, 6.07) is 0. The van der Waals surface area contributed by atoms with E-state index in [0.717, 1.165) is 38.8 Å². The van der Waals surface area contributed by atoms with E-state index in [4.69, 9.17) is 5.11 Å². The molecule has 0 spiro atoms. The van der Waals surface area contributed by atoms with E-state index in [0.29, 0.717) is 5.92 Å². The molecule has 0 aromatic rings. The van der Waals surface area contributed by atoms with Gasteiger partial charge in [0.2, 0.25) is 5.91 Å². The van der Waals surface area contributed by atoms with Crippen LogP contribution in [0.15, 0.2) is 0 Å². The van der Waals surface area contributed by atoms with Crippen LogP contribution in [0, 0.1) is 5.92 Å². The van der Waals surface area contributed by atoms with Crippen molar-refractivity contribution in [2.45, 2.75) is 39.0 Å². The first-order valence-corrected chi connectivity index (χ1v) is 5.57. The average Bonchev–Trinajstić information content (AvgIpc) is 2.18. The maximum Gasteiger partial charge on any atom is 0.303 e. The second-order valence-corrected chi connectivity index (χ2v) is 4.24. The quantitative estimate of drug-likeness (QED) is 0.770. The summed E-state index contributed by atoms with van der Waals surface area (Å²) >= 11 is 0. The third kappa shape index (κ3) is 4.32. The van der Waals surface area contributed by atoms with Gasteiger partial charge < -0.3 is 10.0 Å². The molecule has 0 saturated carbocycles. The van der Waals surface area contributed by atoms with Gasteiger partial charge in [-0.25, -0.2) is 0 Å². The van der Waals surface area contributed by atoms with Crippen molar-refractivity contribution in [3.05, 3.63) is 0 Å². The van der Waals surface area contributed by atoms with E-state index in [2.05, 4.69) is 0 Å². The van der Waals surface area contributed by atoms with Crippen molar-refractivity contribution in [2.24, 2.45) is 5.92 Å². The summed E-state index contributed by atoms with van der Waals surface area (Å²) in [5.74, 6) is 0.0510. The van der Waals surface area contributed by atoms with Crippen LogP contribution in [-0.4, -0.2) is 35.0 Å². The topological polar surface area (TPSA) is 57.6 Å². The fourth-order valence-corrected chi connectivity index (χ4v) is 2.08. The summed E-state index contributed by atoms with van der Waals surface area (Å²) in [7, 11) is 0. The number of rotatable bonds is 4. The largest absolute Gasteiger partial charge is 0.481 e. The van der Waals surface area contributed by atoms with Crippen molar-refractivity contribution in [1.82, 2.24) is 4.90 Å². The van der Waals surface area contributed by atoms with Crippen molar-refractivity contribution in [3.63, 3.8) is 0 Å². The maximum absolute atomic E-state index is 11.1. The third-order valence-corrected chi connectivity index (χ3v) is 3.06. The Balaban J connectivity index is 2.14. The minimum absolute atomic E-state index is 0.152. The van der Waals surface area contributed by atoms with Crippen molar-refractivity contribution >= 4 is 11.9 Å². The van der Waals surface area contributed by atoms with Crippen LogP contribution in [0.3, 0.4) is 0 Å². The Labute approximate surface area is 90.3 Å². The Morgan fingerprint density at radius 1 is 1.33 bits per heavy atom. The lowest BCUT2D eigenvalue weighted by Crippen LogP contribution is -2.36. The molecule has 1 saturated heterocycles. The lowest BCUT2D eigenvalue weighted by Gasteiger charge is -2.31. The second-order valence-electron chi connectivity index (χ2n) is 4.24. The van der Waals surface area contributed by atoms with Gasteiger partial charge in [0, 0.05) is 26.4 Å². The molecular formula is C11H19NO3. The number of carboxylic acids is 1. The third-order valence-electron chi connectivity index (χ3n) is 3.06. The van der Waals surface area contributed by atoms with Crippen LogP contribution < -0.4 is 0 Å². The molecule has 4 heteroatoms. The van der Waals surface area contributed by atoms with E-state index in [-0.39, 0.29) is 12.3 Å². The van der Waals surface area contributed by atoms with Gasteiger partial charge >= 0.3 is 5.97 Å². The lowest BCUT2D eigenvalue weighted by molar-refractivity contribution is -0.137. The van der Waals surface area contributed by atoms with E-state index < -0.39 is 5.97 Å². The standard InChI is InChI=1S/C11H19NO3/c1-9(13)12-7-5-10(6-8-12)3-2-4-11(14)15/h10H,2-8H2,1H3,(H,14,15). The molecule has 1 N–H and O–H groups in total. The molecule has 0 radical (unpaired) electrons. The van der Waals surface area contributed by atoms with Gasteiger partial charge in [0.1, 0.15) is 0 Å². The predicted molar refractivity (Wildman–Crippen MR) is 56.5 cm³/mol. The van der Waals surface area contributed by atoms with Crippen LogP contribution in [-0.2, 0) is 9.59 Å². The Morgan fingerprint density at radius 2 is 1.93 bits per heavy atom. The molecule has 0 aromatic carbocycles. The molecule has 1 fully saturated rings. The first kappa shape index (κ1) is 12.0. The first-order chi connectivity index (χ1) is 7.09. The van der Waals surface area contributed by atoms with Gasteiger partial charge in [-0.15, -0.1) is 0 Å². The number of carboxylic acid groups (broad SMARTS) is 1. The molecule has 0 unspecified atom stereocenters. The van der Waals surface area contributed by atoms with Gasteiger partial charge in [-0.1, -0.05) is 0 Å². The van der Waals surface area contributed by atoms with Crippen molar-refractivity contribution in [3.8, 4) is 0 Å². The van der Waals surface area contributed by atoms with Gasteiger partial charge in [-0.3, -0.25) is 9.59 Å². The van der Waals surface area contributed by atoms with Crippen molar-refractivity contribution < 1.29 is 14.7 Å². The fourth-order valence-electron chi connectivity index (χ4n) is 2.08. The normalized spacial score (nSPS) is 17.8. The molecule has 0 aliphatic carbocycles. The van der Waals surface area contributed by atoms with Crippen molar-refractivity contribution in [2.75, 3.05) is 13.1 Å². The number of likely N-dealkylation sites (tertiary alicyclic amines) is 1. The molecular weight excluding hydrogens is 194 g/mol. The van der Waals surface area contributed by atoms with E-state index in [1.165, 1.54) is 0 Å². The van der Waals surface area contributed by atoms with Crippen LogP contribution in [0.25, 0.3) is 0 Å². The summed E-state index contributed by atoms with van der Waals surface area (Å²) < 4.78 is 0. The molecule has 1 rings (SSSR count). The SMILES string of the molecule is CC(=O)N1CCC(CCCC(=O)O)CC1. The smallest absolute Gasteiger partial charge is 0.303 e. The molecule has 4 nitrogen and oxygen atoms in total. The first-order valence-electron chi connectivity index (χ1n) is 5.57. The number of carbonyl (C=O) groups is 2. The Morgan fingerprint density at radius 3 is 2.40 bits per heavy atom. The van der Waals surface area contributed by atoms with E-state index in [1.54, 1.807) is 6.92 Å². The Kier molecular flexibility index (Phi) is 4.59. The molecule has 1 aliphatic rings. The van der Waals surface area contributed by atoms with E-state index >= 15 is 0 Å². The zero-order chi connectivity index (χ0) is 11.3. The highest BCUT2D eigenvalue weighted by atomic mass is 16.4. The molecule has 1 aliphatic heterocycles. The summed E-state index contributed by atoms with van der Waals surface area (Å²) in [4.78, 5) is 23.3. The Hall–Kier alpha value is -1.06. The number of hydrogen-bond donors (Lipinski definition) is 1. The highest BCUT2D eigenvalue weighted by molar-refractivity contribution is 5.73. The lowest BCUT2D eigenvalue weighted by atomic mass is 9.91. The Bertz CT molecular complexity index is 229. The number of amides is 1. The van der Waals surface area contributed by atoms with Gasteiger partial charge in [-0.2, -0.15) is 0 Å². The van der Waals surface area contributed by atoms with Crippen LogP contribution >= 0.6 is 0 Å². The van der Waals surface area contributed by atoms with Crippen LogP contribution in [0.1, 0.15) is 39.0 Å². The van der Waals surface area contributed by atoms with Crippen molar-refractivity contribution in [1.29, 1.82) is 0 Å². The van der Waals surface area contributed by atoms with E-state index in [9.17, 15) is 9.59 Å². The number of hydrogen-bond acceptors (Lipinski definition) is 2. The van der Waals surface area contributed by atoms with Gasteiger partial charge in [0.15, 0.2) is 0 Å². The number of nitrogens with zero attached hydrogens (tertiary/aromatic N) is 1. The van der Waals surface area contributed by atoms with Gasteiger partial charge in [0.05, 0.1) is 0 Å². The second kappa shape index (κ2) is 5.73. The highest BCUT2D eigenvalue weighted by Crippen LogP contribution is 2.22. The highest BCUT2D eigenvalue weighted by Gasteiger charge is 2.20. The van der Waals surface area contributed by atoms with Crippen LogP contribution in [0.4, 0.5) is 0 Å². The zero-order valence-corrected chi connectivity index (χ0v) is 9.24. The minimum atomic E-state index is -0.712. The van der Waals surface area contributed by atoms with Gasteiger partial charge in [0.25, 0.3) is 0 Å². The molecule has 15 heavy (non-hydrogen) atoms. The van der Waals surface area contributed by atoms with E-state index in [1.807, 2.05) is 4.90 Å². The molecule has 0 aromatic heterocycles. The number of carbonyl (C=O) groups excluding carboxylic acids is 1. The number of piperidine rings is 1. The van der Waals surface area contributed by atoms with Gasteiger partial charge in [-0.05, 0) is 31.6 Å². The monoisotopic (exact) mass is 213 g/mol. The fraction of sp³-hybridized carbons (Fsp3) is 0.818. The number of aliphatic carboxylic acids is 1. The summed E-state index contributed by atoms with van der Waals surface area (Å²) in [5, 5.41) is 8.50. The van der Waals surface area contributed by atoms with Crippen LogP contribution in [0.5, 0.6) is 0 Å². The zero-order valence-electron chi connectivity index (χ0n) is 9.24.